The molecule has 3 aromatic rings. The molecule has 0 aliphatic carbocycles. The third kappa shape index (κ3) is 6.46. The van der Waals surface area contributed by atoms with Gasteiger partial charge in [-0.2, -0.15) is 22.0 Å². The third-order valence-electron chi connectivity index (χ3n) is 6.72. The molecule has 0 spiro atoms. The van der Waals surface area contributed by atoms with Gasteiger partial charge in [-0.1, -0.05) is 6.07 Å². The van der Waals surface area contributed by atoms with Gasteiger partial charge in [0.15, 0.2) is 0 Å². The number of rotatable bonds is 9. The van der Waals surface area contributed by atoms with Gasteiger partial charge in [-0.25, -0.2) is 12.9 Å². The van der Waals surface area contributed by atoms with Crippen LogP contribution < -0.4 is 9.80 Å². The standard InChI is InChI=1S/C25H25F6N5O3S/c1-34(18-7-9-36(10-8-18)40(2)38)20-6-5-17(25(29,30)31)12-21(20)35(14-37)13-16-4-3-15(11-19(16)26)23-32-33-24(39-23)22(27)28/h3-6,11-12,14,18,22H,7-10,13H2,1-2H3. The van der Waals surface area contributed by atoms with Crippen LogP contribution >= 0.6 is 0 Å². The molecule has 1 aromatic heterocycles. The molecule has 0 N–H and O–H groups in total. The van der Waals surface area contributed by atoms with Crippen molar-refractivity contribution in [1.29, 1.82) is 0 Å². The molecule has 1 atom stereocenters. The maximum absolute atomic E-state index is 15.0. The van der Waals surface area contributed by atoms with Gasteiger partial charge in [0, 0.05) is 43.6 Å². The summed E-state index contributed by atoms with van der Waals surface area (Å²) in [5, 5.41) is 6.66. The van der Waals surface area contributed by atoms with Crippen molar-refractivity contribution in [3.05, 3.63) is 59.2 Å². The maximum atomic E-state index is 15.0. The summed E-state index contributed by atoms with van der Waals surface area (Å²) in [6.07, 6.45) is -4.61. The minimum Gasteiger partial charge on any atom is -0.415 e. The molecule has 2 heterocycles. The lowest BCUT2D eigenvalue weighted by Crippen LogP contribution is -2.44. The number of amides is 1. The van der Waals surface area contributed by atoms with Gasteiger partial charge >= 0.3 is 12.6 Å². The van der Waals surface area contributed by atoms with Crippen molar-refractivity contribution in [2.75, 3.05) is 36.2 Å². The molecule has 1 saturated heterocycles. The van der Waals surface area contributed by atoms with Gasteiger partial charge in [0.1, 0.15) is 5.82 Å². The lowest BCUT2D eigenvalue weighted by Gasteiger charge is -2.38. The van der Waals surface area contributed by atoms with Gasteiger partial charge in [0.25, 0.3) is 5.89 Å². The summed E-state index contributed by atoms with van der Waals surface area (Å²) >= 11 is 0. The van der Waals surface area contributed by atoms with Crippen LogP contribution in [0.15, 0.2) is 40.8 Å². The third-order valence-corrected chi connectivity index (χ3v) is 7.81. The molecule has 2 aromatic carbocycles. The first-order valence-electron chi connectivity index (χ1n) is 12.0. The minimum absolute atomic E-state index is 0.0112. The number of carbonyl (C=O) groups excluding carboxylic acids is 1. The molecule has 1 aliphatic heterocycles. The number of hydrogen-bond donors (Lipinski definition) is 0. The van der Waals surface area contributed by atoms with Crippen molar-refractivity contribution < 1.29 is 39.8 Å². The summed E-state index contributed by atoms with van der Waals surface area (Å²) in [5.74, 6) is -2.13. The highest BCUT2D eigenvalue weighted by Crippen LogP contribution is 2.39. The van der Waals surface area contributed by atoms with E-state index < -0.39 is 47.4 Å². The number of aromatic nitrogens is 2. The molecular weight excluding hydrogens is 564 g/mol. The summed E-state index contributed by atoms with van der Waals surface area (Å²) in [4.78, 5) is 14.9. The van der Waals surface area contributed by atoms with Crippen LogP contribution in [0.25, 0.3) is 11.5 Å². The van der Waals surface area contributed by atoms with Gasteiger partial charge in [0.2, 0.25) is 12.3 Å². The van der Waals surface area contributed by atoms with Crippen LogP contribution in [-0.2, 0) is 28.5 Å². The van der Waals surface area contributed by atoms with Crippen molar-refractivity contribution >= 4 is 28.8 Å². The SMILES string of the molecule is CN(c1ccc(C(F)(F)F)cc1N(C=O)Cc1ccc(-c2nnc(C(F)F)o2)cc1F)C1CCN(S(C)=O)CC1. The second kappa shape index (κ2) is 12.0. The molecule has 0 radical (unpaired) electrons. The number of hydrogen-bond acceptors (Lipinski definition) is 6. The van der Waals surface area contributed by atoms with Crippen LogP contribution in [0, 0.1) is 5.82 Å². The van der Waals surface area contributed by atoms with E-state index in [1.54, 1.807) is 22.5 Å². The topological polar surface area (TPSA) is 82.8 Å². The fourth-order valence-corrected chi connectivity index (χ4v) is 5.25. The van der Waals surface area contributed by atoms with Crippen LogP contribution in [0.3, 0.4) is 0 Å². The molecule has 0 saturated carbocycles. The number of alkyl halides is 5. The van der Waals surface area contributed by atoms with E-state index in [0.29, 0.717) is 38.0 Å². The first kappa shape index (κ1) is 29.5. The number of benzene rings is 2. The first-order chi connectivity index (χ1) is 18.9. The van der Waals surface area contributed by atoms with Crippen molar-refractivity contribution in [2.45, 2.75) is 38.0 Å². The van der Waals surface area contributed by atoms with Crippen molar-refractivity contribution in [2.24, 2.45) is 0 Å². The van der Waals surface area contributed by atoms with E-state index in [9.17, 15) is 31.0 Å². The van der Waals surface area contributed by atoms with Gasteiger partial charge in [-0.3, -0.25) is 4.79 Å². The van der Waals surface area contributed by atoms with Crippen molar-refractivity contribution in [1.82, 2.24) is 14.5 Å². The van der Waals surface area contributed by atoms with Crippen molar-refractivity contribution in [3.8, 4) is 11.5 Å². The van der Waals surface area contributed by atoms with Gasteiger partial charge in [-0.15, -0.1) is 10.2 Å². The normalized spacial score (nSPS) is 15.8. The van der Waals surface area contributed by atoms with E-state index >= 15 is 4.39 Å². The van der Waals surface area contributed by atoms with E-state index in [2.05, 4.69) is 10.2 Å². The molecule has 15 heteroatoms. The quantitative estimate of drug-likeness (QED) is 0.253. The summed E-state index contributed by atoms with van der Waals surface area (Å²) < 4.78 is 99.8. The predicted octanol–water partition coefficient (Wildman–Crippen LogP) is 5.19. The Morgan fingerprint density at radius 2 is 1.82 bits per heavy atom. The average Bonchev–Trinajstić information content (AvgIpc) is 3.42. The second-order valence-corrected chi connectivity index (χ2v) is 10.5. The molecule has 40 heavy (non-hydrogen) atoms. The van der Waals surface area contributed by atoms with E-state index in [1.165, 1.54) is 18.2 Å². The Morgan fingerprint density at radius 1 is 1.12 bits per heavy atom. The highest BCUT2D eigenvalue weighted by molar-refractivity contribution is 7.81. The summed E-state index contributed by atoms with van der Waals surface area (Å²) in [6.45, 7) is 0.640. The lowest BCUT2D eigenvalue weighted by atomic mass is 10.0. The summed E-state index contributed by atoms with van der Waals surface area (Å²) in [6, 6.07) is 6.45. The Hall–Kier alpha value is -3.46. The number of piperidine rings is 1. The van der Waals surface area contributed by atoms with Crippen LogP contribution in [0.2, 0.25) is 0 Å². The highest BCUT2D eigenvalue weighted by Gasteiger charge is 2.33. The van der Waals surface area contributed by atoms with Crippen LogP contribution in [0.5, 0.6) is 0 Å². The molecule has 0 bridgehead atoms. The molecule has 216 valence electrons. The maximum Gasteiger partial charge on any atom is 0.416 e. The van der Waals surface area contributed by atoms with Gasteiger partial charge in [0.05, 0.1) is 34.5 Å². The number of carbonyl (C=O) groups is 1. The first-order valence-corrected chi connectivity index (χ1v) is 13.6. The Balaban J connectivity index is 1.64. The monoisotopic (exact) mass is 589 g/mol. The van der Waals surface area contributed by atoms with Crippen LogP contribution in [0.4, 0.5) is 37.7 Å². The molecule has 1 aliphatic rings. The Morgan fingerprint density at radius 3 is 2.38 bits per heavy atom. The largest absolute Gasteiger partial charge is 0.416 e. The van der Waals surface area contributed by atoms with Gasteiger partial charge < -0.3 is 14.2 Å². The highest BCUT2D eigenvalue weighted by atomic mass is 32.2. The Kier molecular flexibility index (Phi) is 8.83. The fourth-order valence-electron chi connectivity index (χ4n) is 4.52. The number of halogens is 6. The zero-order chi connectivity index (χ0) is 29.2. The van der Waals surface area contributed by atoms with Gasteiger partial charge in [-0.05, 0) is 43.2 Å². The minimum atomic E-state index is -4.69. The molecule has 1 fully saturated rings. The second-order valence-electron chi connectivity index (χ2n) is 9.18. The molecule has 1 amide bonds. The van der Waals surface area contributed by atoms with E-state index in [-0.39, 0.29) is 28.7 Å². The van der Waals surface area contributed by atoms with E-state index in [0.717, 1.165) is 23.1 Å². The molecular formula is C25H25F6N5O3S. The Bertz CT molecular complexity index is 1380. The predicted molar refractivity (Wildman–Crippen MR) is 135 cm³/mol. The summed E-state index contributed by atoms with van der Waals surface area (Å²) in [5.41, 5.74) is -0.759. The smallest absolute Gasteiger partial charge is 0.415 e. The lowest BCUT2D eigenvalue weighted by molar-refractivity contribution is -0.137. The van der Waals surface area contributed by atoms with Crippen molar-refractivity contribution in [3.63, 3.8) is 0 Å². The van der Waals surface area contributed by atoms with E-state index in [4.69, 9.17) is 4.42 Å². The molecule has 1 unspecified atom stereocenters. The average molecular weight is 590 g/mol. The Labute approximate surface area is 228 Å². The molecule has 8 nitrogen and oxygen atoms in total. The fraction of sp³-hybridized carbons (Fsp3) is 0.400. The summed E-state index contributed by atoms with van der Waals surface area (Å²) in [7, 11) is 0.562. The number of anilines is 2. The van der Waals surface area contributed by atoms with E-state index in [1.807, 2.05) is 0 Å². The number of nitrogens with zero attached hydrogens (tertiary/aromatic N) is 5. The molecule has 4 rings (SSSR count). The zero-order valence-corrected chi connectivity index (χ0v) is 22.2. The van der Waals surface area contributed by atoms with Crippen LogP contribution in [-0.4, -0.2) is 57.6 Å². The zero-order valence-electron chi connectivity index (χ0n) is 21.4. The van der Waals surface area contributed by atoms with Crippen LogP contribution in [0.1, 0.15) is 36.3 Å².